The van der Waals surface area contributed by atoms with Crippen LogP contribution in [0.15, 0.2) is 42.5 Å². The van der Waals surface area contributed by atoms with Crippen molar-refractivity contribution in [2.24, 2.45) is 5.73 Å². The van der Waals surface area contributed by atoms with Crippen LogP contribution in [0.3, 0.4) is 0 Å². The molecule has 2 aromatic carbocycles. The van der Waals surface area contributed by atoms with E-state index in [1.54, 1.807) is 4.68 Å². The zero-order valence-electron chi connectivity index (χ0n) is 11.3. The number of nitrogens with two attached hydrogens (primary N) is 1. The Hall–Kier alpha value is -2.40. The van der Waals surface area contributed by atoms with Gasteiger partial charge in [0, 0.05) is 17.7 Å². The van der Waals surface area contributed by atoms with Crippen LogP contribution in [0.25, 0.3) is 22.0 Å². The third-order valence-corrected chi connectivity index (χ3v) is 4.08. The molecule has 4 nitrogen and oxygen atoms in total. The summed E-state index contributed by atoms with van der Waals surface area (Å²) in [5, 5.41) is 10.6. The highest BCUT2D eigenvalue weighted by Gasteiger charge is 2.24. The molecule has 0 spiro atoms. The van der Waals surface area contributed by atoms with Crippen molar-refractivity contribution in [3.05, 3.63) is 48.0 Å². The number of nitrogens with one attached hydrogen (secondary N) is 1. The van der Waals surface area contributed by atoms with Gasteiger partial charge < -0.3 is 11.1 Å². The van der Waals surface area contributed by atoms with Crippen molar-refractivity contribution in [1.29, 1.82) is 0 Å². The lowest BCUT2D eigenvalue weighted by molar-refractivity contribution is 0.936. The van der Waals surface area contributed by atoms with Crippen molar-refractivity contribution in [2.45, 2.75) is 6.42 Å². The molecular weight excluding hydrogens is 280 g/mol. The van der Waals surface area contributed by atoms with E-state index in [1.807, 2.05) is 6.07 Å². The maximum absolute atomic E-state index is 5.78. The number of fused-ring (bicyclic) bond motifs is 2. The second-order valence-corrected chi connectivity index (χ2v) is 5.55. The number of nitrogens with zero attached hydrogens (tertiary/aromatic N) is 2. The lowest BCUT2D eigenvalue weighted by Crippen LogP contribution is -2.22. The quantitative estimate of drug-likeness (QED) is 0.678. The summed E-state index contributed by atoms with van der Waals surface area (Å²) >= 11 is 5.10. The molecule has 0 saturated heterocycles. The molecule has 1 aliphatic rings. The molecule has 0 fully saturated rings. The molecule has 5 heteroatoms. The topological polar surface area (TPSA) is 55.9 Å². The molecule has 1 aromatic heterocycles. The fourth-order valence-electron chi connectivity index (χ4n) is 2.98. The molecule has 3 aromatic rings. The van der Waals surface area contributed by atoms with Crippen LogP contribution >= 0.6 is 12.2 Å². The Kier molecular flexibility index (Phi) is 2.68. The van der Waals surface area contributed by atoms with Gasteiger partial charge in [-0.1, -0.05) is 42.5 Å². The van der Waals surface area contributed by atoms with Gasteiger partial charge in [-0.05, 0) is 29.4 Å². The fraction of sp³-hybridized carbons (Fsp3) is 0.125. The first-order chi connectivity index (χ1) is 10.3. The zero-order valence-corrected chi connectivity index (χ0v) is 12.2. The maximum atomic E-state index is 5.78. The highest BCUT2D eigenvalue weighted by molar-refractivity contribution is 7.80. The monoisotopic (exact) mass is 294 g/mol. The summed E-state index contributed by atoms with van der Waals surface area (Å²) in [7, 11) is 0. The highest BCUT2D eigenvalue weighted by atomic mass is 32.1. The van der Waals surface area contributed by atoms with Crippen molar-refractivity contribution in [2.75, 3.05) is 11.9 Å². The molecule has 0 radical (unpaired) electrons. The van der Waals surface area contributed by atoms with E-state index in [9.17, 15) is 0 Å². The Morgan fingerprint density at radius 2 is 2.00 bits per heavy atom. The van der Waals surface area contributed by atoms with Crippen LogP contribution in [-0.4, -0.2) is 21.4 Å². The summed E-state index contributed by atoms with van der Waals surface area (Å²) in [5.74, 6) is 0.936. The molecule has 1 aliphatic heterocycles. The SMILES string of the molecule is NC(=S)n1nc(-c2cccc3ccccc23)c2c1NCC2. The third kappa shape index (κ3) is 1.81. The van der Waals surface area contributed by atoms with E-state index in [4.69, 9.17) is 18.0 Å². The average Bonchev–Trinajstić information content (AvgIpc) is 3.08. The number of anilines is 1. The zero-order chi connectivity index (χ0) is 14.4. The van der Waals surface area contributed by atoms with Crippen LogP contribution < -0.4 is 11.1 Å². The molecule has 0 unspecified atom stereocenters. The van der Waals surface area contributed by atoms with E-state index in [1.165, 1.54) is 16.3 Å². The molecule has 4 rings (SSSR count). The Labute approximate surface area is 127 Å². The lowest BCUT2D eigenvalue weighted by atomic mass is 9.99. The summed E-state index contributed by atoms with van der Waals surface area (Å²) in [4.78, 5) is 0. The van der Waals surface area contributed by atoms with E-state index in [0.29, 0.717) is 0 Å². The Bertz CT molecular complexity index is 861. The average molecular weight is 294 g/mol. The van der Waals surface area contributed by atoms with Crippen LogP contribution in [0.2, 0.25) is 0 Å². The van der Waals surface area contributed by atoms with Gasteiger partial charge in [-0.25, -0.2) is 0 Å². The number of benzene rings is 2. The number of hydrogen-bond donors (Lipinski definition) is 2. The molecule has 21 heavy (non-hydrogen) atoms. The van der Waals surface area contributed by atoms with Crippen molar-refractivity contribution in [3.8, 4) is 11.3 Å². The van der Waals surface area contributed by atoms with E-state index in [-0.39, 0.29) is 5.11 Å². The lowest BCUT2D eigenvalue weighted by Gasteiger charge is -2.05. The summed E-state index contributed by atoms with van der Waals surface area (Å²) in [6.45, 7) is 0.896. The number of thiocarbonyl (C=S) groups is 1. The first-order valence-corrected chi connectivity index (χ1v) is 7.30. The molecule has 0 bridgehead atoms. The fourth-order valence-corrected chi connectivity index (χ4v) is 3.11. The van der Waals surface area contributed by atoms with Crippen LogP contribution in [0, 0.1) is 0 Å². The minimum atomic E-state index is 0.270. The third-order valence-electron chi connectivity index (χ3n) is 3.90. The molecule has 0 atom stereocenters. The second kappa shape index (κ2) is 4.56. The van der Waals surface area contributed by atoms with E-state index in [0.717, 1.165) is 30.0 Å². The van der Waals surface area contributed by atoms with Crippen molar-refractivity contribution >= 4 is 33.9 Å². The van der Waals surface area contributed by atoms with Gasteiger partial charge in [0.25, 0.3) is 0 Å². The van der Waals surface area contributed by atoms with Crippen molar-refractivity contribution in [1.82, 2.24) is 9.78 Å². The number of rotatable bonds is 1. The van der Waals surface area contributed by atoms with Gasteiger partial charge in [-0.3, -0.25) is 0 Å². The van der Waals surface area contributed by atoms with Crippen LogP contribution in [-0.2, 0) is 6.42 Å². The Morgan fingerprint density at radius 1 is 1.19 bits per heavy atom. The molecule has 104 valence electrons. The molecule has 0 saturated carbocycles. The standard InChI is InChI=1S/C16H14N4S/c17-16(21)20-15-13(8-9-18-15)14(19-20)12-7-3-5-10-4-1-2-6-11(10)12/h1-7,18H,8-9H2,(H2,17,21). The highest BCUT2D eigenvalue weighted by Crippen LogP contribution is 2.35. The van der Waals surface area contributed by atoms with Crippen LogP contribution in [0.1, 0.15) is 5.56 Å². The minimum absolute atomic E-state index is 0.270. The predicted octanol–water partition coefficient (Wildman–Crippen LogP) is 2.76. The molecule has 3 N–H and O–H groups in total. The number of aromatic nitrogens is 2. The van der Waals surface area contributed by atoms with E-state index in [2.05, 4.69) is 46.8 Å². The van der Waals surface area contributed by atoms with Crippen LogP contribution in [0.5, 0.6) is 0 Å². The van der Waals surface area contributed by atoms with Gasteiger partial charge in [-0.15, -0.1) is 0 Å². The van der Waals surface area contributed by atoms with Gasteiger partial charge >= 0.3 is 0 Å². The first kappa shape index (κ1) is 12.3. The van der Waals surface area contributed by atoms with Gasteiger partial charge in [0.1, 0.15) is 5.82 Å². The summed E-state index contributed by atoms with van der Waals surface area (Å²) in [6.07, 6.45) is 0.941. The normalized spacial score (nSPS) is 13.1. The smallest absolute Gasteiger partial charge is 0.193 e. The molecule has 0 amide bonds. The molecule has 2 heterocycles. The second-order valence-electron chi connectivity index (χ2n) is 5.13. The van der Waals surface area contributed by atoms with Crippen LogP contribution in [0.4, 0.5) is 5.82 Å². The van der Waals surface area contributed by atoms with Gasteiger partial charge in [0.2, 0.25) is 0 Å². The summed E-state index contributed by atoms with van der Waals surface area (Å²) in [5.41, 5.74) is 9.08. The summed E-state index contributed by atoms with van der Waals surface area (Å²) in [6, 6.07) is 14.6. The van der Waals surface area contributed by atoms with Crippen molar-refractivity contribution in [3.63, 3.8) is 0 Å². The van der Waals surface area contributed by atoms with Crippen molar-refractivity contribution < 1.29 is 0 Å². The van der Waals surface area contributed by atoms with Gasteiger partial charge in [0.05, 0.1) is 5.69 Å². The molecule has 0 aliphatic carbocycles. The Balaban J connectivity index is 2.02. The summed E-state index contributed by atoms with van der Waals surface area (Å²) < 4.78 is 1.63. The Morgan fingerprint density at radius 3 is 2.86 bits per heavy atom. The van der Waals surface area contributed by atoms with Gasteiger partial charge in [-0.2, -0.15) is 9.78 Å². The maximum Gasteiger partial charge on any atom is 0.193 e. The largest absolute Gasteiger partial charge is 0.374 e. The number of hydrogen-bond acceptors (Lipinski definition) is 3. The molecular formula is C16H14N4S. The van der Waals surface area contributed by atoms with E-state index >= 15 is 0 Å². The predicted molar refractivity (Wildman–Crippen MR) is 89.5 cm³/mol. The minimum Gasteiger partial charge on any atom is -0.374 e. The first-order valence-electron chi connectivity index (χ1n) is 6.89. The van der Waals surface area contributed by atoms with Gasteiger partial charge in [0.15, 0.2) is 5.11 Å². The van der Waals surface area contributed by atoms with E-state index < -0.39 is 0 Å².